The molecular weight excluding hydrogens is 328 g/mol. The summed E-state index contributed by atoms with van der Waals surface area (Å²) in [5.74, 6) is 0.00288. The molecule has 1 aromatic heterocycles. The maximum atomic E-state index is 12.6. The van der Waals surface area contributed by atoms with Crippen LogP contribution in [0.4, 0.5) is 5.69 Å². The zero-order valence-corrected chi connectivity index (χ0v) is 14.5. The fraction of sp³-hybridized carbons (Fsp3) is 0.143. The number of nitrogens with zero attached hydrogens (tertiary/aromatic N) is 1. The van der Waals surface area contributed by atoms with Crippen molar-refractivity contribution < 1.29 is 14.4 Å². The Hall–Kier alpha value is -3.34. The highest BCUT2D eigenvalue weighted by atomic mass is 16.5. The van der Waals surface area contributed by atoms with Gasteiger partial charge >= 0.3 is 0 Å². The molecule has 4 aromatic rings. The molecule has 5 nitrogen and oxygen atoms in total. The van der Waals surface area contributed by atoms with Crippen LogP contribution >= 0.6 is 0 Å². The standard InChI is InChI=1S/C21H18N2O3/c1-12-9-13(2)21-17(23-26-19(21)10-12)11-20(25)22-16-7-3-6-15-14(16)5-4-8-18(15)24/h3-10,24H,11H2,1-2H3,(H,22,25). The van der Waals surface area contributed by atoms with Crippen LogP contribution in [0.1, 0.15) is 16.8 Å². The molecular formula is C21H18N2O3. The maximum absolute atomic E-state index is 12.6. The molecule has 1 amide bonds. The number of phenols is 1. The highest BCUT2D eigenvalue weighted by Gasteiger charge is 2.16. The van der Waals surface area contributed by atoms with Gasteiger partial charge in [0.25, 0.3) is 0 Å². The molecule has 0 saturated heterocycles. The third-order valence-electron chi connectivity index (χ3n) is 4.49. The molecule has 5 heteroatoms. The van der Waals surface area contributed by atoms with E-state index in [-0.39, 0.29) is 18.1 Å². The number of benzene rings is 3. The van der Waals surface area contributed by atoms with Crippen LogP contribution in [0.3, 0.4) is 0 Å². The Morgan fingerprint density at radius 1 is 1.12 bits per heavy atom. The van der Waals surface area contributed by atoms with Gasteiger partial charge in [0.2, 0.25) is 5.91 Å². The molecule has 0 bridgehead atoms. The topological polar surface area (TPSA) is 75.4 Å². The molecule has 4 rings (SSSR count). The van der Waals surface area contributed by atoms with Gasteiger partial charge in [-0.05, 0) is 43.2 Å². The smallest absolute Gasteiger partial charge is 0.230 e. The molecule has 0 atom stereocenters. The van der Waals surface area contributed by atoms with E-state index in [1.54, 1.807) is 18.2 Å². The van der Waals surface area contributed by atoms with Crippen molar-refractivity contribution in [2.45, 2.75) is 20.3 Å². The van der Waals surface area contributed by atoms with Gasteiger partial charge in [-0.25, -0.2) is 0 Å². The van der Waals surface area contributed by atoms with Crippen molar-refractivity contribution in [3.8, 4) is 5.75 Å². The number of aryl methyl sites for hydroxylation is 2. The van der Waals surface area contributed by atoms with Gasteiger partial charge in [0.05, 0.1) is 6.42 Å². The van der Waals surface area contributed by atoms with Crippen LogP contribution in [0.5, 0.6) is 5.75 Å². The summed E-state index contributed by atoms with van der Waals surface area (Å²) in [6.45, 7) is 3.98. The van der Waals surface area contributed by atoms with E-state index in [0.29, 0.717) is 22.4 Å². The minimum atomic E-state index is -0.184. The van der Waals surface area contributed by atoms with Crippen LogP contribution in [-0.4, -0.2) is 16.2 Å². The van der Waals surface area contributed by atoms with E-state index < -0.39 is 0 Å². The van der Waals surface area contributed by atoms with Crippen molar-refractivity contribution in [3.63, 3.8) is 0 Å². The van der Waals surface area contributed by atoms with Gasteiger partial charge in [-0.2, -0.15) is 0 Å². The summed E-state index contributed by atoms with van der Waals surface area (Å²) in [6, 6.07) is 14.6. The second kappa shape index (κ2) is 6.19. The third kappa shape index (κ3) is 2.77. The molecule has 0 saturated carbocycles. The van der Waals surface area contributed by atoms with Crippen LogP contribution in [0.25, 0.3) is 21.7 Å². The fourth-order valence-electron chi connectivity index (χ4n) is 3.39. The van der Waals surface area contributed by atoms with E-state index in [4.69, 9.17) is 4.52 Å². The number of phenolic OH excluding ortho intramolecular Hbond substituents is 1. The van der Waals surface area contributed by atoms with Gasteiger partial charge < -0.3 is 14.9 Å². The Labute approximate surface area is 150 Å². The molecule has 0 unspecified atom stereocenters. The monoisotopic (exact) mass is 346 g/mol. The SMILES string of the molecule is Cc1cc(C)c2c(CC(=O)Nc3cccc4c(O)cccc34)noc2c1. The van der Waals surface area contributed by atoms with Crippen LogP contribution in [0.2, 0.25) is 0 Å². The Kier molecular flexibility index (Phi) is 3.84. The Morgan fingerprint density at radius 2 is 1.88 bits per heavy atom. The summed E-state index contributed by atoms with van der Waals surface area (Å²) in [5.41, 5.74) is 4.11. The first-order valence-electron chi connectivity index (χ1n) is 8.39. The zero-order chi connectivity index (χ0) is 18.3. The minimum Gasteiger partial charge on any atom is -0.507 e. The number of amides is 1. The maximum Gasteiger partial charge on any atom is 0.230 e. The number of nitrogens with one attached hydrogen (secondary N) is 1. The third-order valence-corrected chi connectivity index (χ3v) is 4.49. The summed E-state index contributed by atoms with van der Waals surface area (Å²) in [6.07, 6.45) is 0.117. The molecule has 130 valence electrons. The predicted octanol–water partition coefficient (Wildman–Crippen LogP) is 4.48. The van der Waals surface area contributed by atoms with E-state index in [0.717, 1.165) is 21.9 Å². The van der Waals surface area contributed by atoms with Crippen LogP contribution in [0, 0.1) is 13.8 Å². The van der Waals surface area contributed by atoms with Crippen LogP contribution in [-0.2, 0) is 11.2 Å². The number of hydrogen-bond acceptors (Lipinski definition) is 4. The molecule has 0 aliphatic carbocycles. The summed E-state index contributed by atoms with van der Waals surface area (Å²) in [7, 11) is 0. The van der Waals surface area contributed by atoms with Crippen LogP contribution < -0.4 is 5.32 Å². The molecule has 26 heavy (non-hydrogen) atoms. The van der Waals surface area contributed by atoms with Crippen molar-refractivity contribution in [1.29, 1.82) is 0 Å². The van der Waals surface area contributed by atoms with Gasteiger partial charge in [-0.15, -0.1) is 0 Å². The van der Waals surface area contributed by atoms with Gasteiger partial charge in [0, 0.05) is 21.8 Å². The van der Waals surface area contributed by atoms with E-state index in [1.165, 1.54) is 0 Å². The molecule has 0 aliphatic rings. The van der Waals surface area contributed by atoms with Crippen molar-refractivity contribution in [1.82, 2.24) is 5.16 Å². The average molecular weight is 346 g/mol. The summed E-state index contributed by atoms with van der Waals surface area (Å²) >= 11 is 0. The van der Waals surface area contributed by atoms with Gasteiger partial charge in [-0.1, -0.05) is 35.5 Å². The van der Waals surface area contributed by atoms with Gasteiger partial charge in [0.1, 0.15) is 11.4 Å². The number of carbonyl (C=O) groups is 1. The largest absolute Gasteiger partial charge is 0.507 e. The molecule has 0 radical (unpaired) electrons. The van der Waals surface area contributed by atoms with E-state index in [2.05, 4.69) is 16.5 Å². The molecule has 0 aliphatic heterocycles. The first-order valence-corrected chi connectivity index (χ1v) is 8.39. The van der Waals surface area contributed by atoms with Crippen molar-refractivity contribution in [3.05, 3.63) is 65.4 Å². The molecule has 1 heterocycles. The Balaban J connectivity index is 1.64. The lowest BCUT2D eigenvalue weighted by Gasteiger charge is -2.09. The highest BCUT2D eigenvalue weighted by molar-refractivity contribution is 6.04. The molecule has 3 aromatic carbocycles. The second-order valence-corrected chi connectivity index (χ2v) is 6.49. The number of anilines is 1. The normalized spacial score (nSPS) is 11.2. The number of rotatable bonds is 3. The molecule has 0 spiro atoms. The van der Waals surface area contributed by atoms with Gasteiger partial charge in [-0.3, -0.25) is 4.79 Å². The quantitative estimate of drug-likeness (QED) is 0.573. The predicted molar refractivity (Wildman–Crippen MR) is 101 cm³/mol. The highest BCUT2D eigenvalue weighted by Crippen LogP contribution is 2.30. The second-order valence-electron chi connectivity index (χ2n) is 6.49. The van der Waals surface area contributed by atoms with Crippen LogP contribution in [0.15, 0.2) is 53.1 Å². The van der Waals surface area contributed by atoms with E-state index in [9.17, 15) is 9.90 Å². The van der Waals surface area contributed by atoms with E-state index in [1.807, 2.05) is 38.1 Å². The number of fused-ring (bicyclic) bond motifs is 2. The Bertz CT molecular complexity index is 1140. The lowest BCUT2D eigenvalue weighted by atomic mass is 10.0. The van der Waals surface area contributed by atoms with Crippen molar-refractivity contribution >= 4 is 33.3 Å². The fourth-order valence-corrected chi connectivity index (χ4v) is 3.39. The van der Waals surface area contributed by atoms with E-state index >= 15 is 0 Å². The number of aromatic nitrogens is 1. The molecule has 0 fully saturated rings. The van der Waals surface area contributed by atoms with Crippen molar-refractivity contribution in [2.24, 2.45) is 0 Å². The number of hydrogen-bond donors (Lipinski definition) is 2. The summed E-state index contributed by atoms with van der Waals surface area (Å²) < 4.78 is 5.38. The lowest BCUT2D eigenvalue weighted by Crippen LogP contribution is -2.15. The zero-order valence-electron chi connectivity index (χ0n) is 14.5. The lowest BCUT2D eigenvalue weighted by molar-refractivity contribution is -0.115. The first-order chi connectivity index (χ1) is 12.5. The first kappa shape index (κ1) is 16.1. The number of carbonyl (C=O) groups excluding carboxylic acids is 1. The average Bonchev–Trinajstić information content (AvgIpc) is 2.98. The van der Waals surface area contributed by atoms with Crippen molar-refractivity contribution in [2.75, 3.05) is 5.32 Å². The number of aromatic hydroxyl groups is 1. The summed E-state index contributed by atoms with van der Waals surface area (Å²) in [5, 5.41) is 19.3. The minimum absolute atomic E-state index is 0.117. The molecule has 2 N–H and O–H groups in total. The summed E-state index contributed by atoms with van der Waals surface area (Å²) in [4.78, 5) is 12.6. The Morgan fingerprint density at radius 3 is 2.73 bits per heavy atom. The van der Waals surface area contributed by atoms with Gasteiger partial charge in [0.15, 0.2) is 5.58 Å².